The first-order chi connectivity index (χ1) is 8.08. The van der Waals surface area contributed by atoms with Gasteiger partial charge in [0, 0.05) is 18.0 Å². The molecule has 2 aromatic heterocycles. The van der Waals surface area contributed by atoms with Crippen molar-refractivity contribution in [1.29, 1.82) is 0 Å². The Labute approximate surface area is 100 Å². The van der Waals surface area contributed by atoms with Crippen LogP contribution in [-0.4, -0.2) is 15.1 Å². The zero-order valence-corrected chi connectivity index (χ0v) is 10.5. The predicted molar refractivity (Wildman–Crippen MR) is 64.8 cm³/mol. The van der Waals surface area contributed by atoms with Crippen molar-refractivity contribution >= 4 is 5.95 Å². The Balaban J connectivity index is 2.17. The summed E-state index contributed by atoms with van der Waals surface area (Å²) < 4.78 is 5.14. The lowest BCUT2D eigenvalue weighted by Gasteiger charge is -2.13. The summed E-state index contributed by atoms with van der Waals surface area (Å²) in [4.78, 5) is 8.43. The van der Waals surface area contributed by atoms with Crippen molar-refractivity contribution in [3.63, 3.8) is 0 Å². The average Bonchev–Trinajstić information content (AvgIpc) is 2.62. The molecule has 1 N–H and O–H groups in total. The minimum absolute atomic E-state index is 0.0731. The average molecular weight is 232 g/mol. The molecule has 0 aliphatic rings. The monoisotopic (exact) mass is 232 g/mol. The van der Waals surface area contributed by atoms with Crippen LogP contribution in [0.3, 0.4) is 0 Å². The molecule has 0 aliphatic heterocycles. The lowest BCUT2D eigenvalue weighted by atomic mass is 10.1. The number of hydrogen-bond donors (Lipinski definition) is 1. The number of aryl methyl sites for hydroxylation is 3. The number of aromatic nitrogens is 3. The Kier molecular flexibility index (Phi) is 3.08. The van der Waals surface area contributed by atoms with Gasteiger partial charge in [-0.3, -0.25) is 0 Å². The third-order valence-corrected chi connectivity index (χ3v) is 2.65. The molecule has 1 unspecified atom stereocenters. The molecular weight excluding hydrogens is 216 g/mol. The van der Waals surface area contributed by atoms with E-state index in [1.54, 1.807) is 12.4 Å². The van der Waals surface area contributed by atoms with Gasteiger partial charge in [0.2, 0.25) is 5.95 Å². The van der Waals surface area contributed by atoms with Gasteiger partial charge in [0.15, 0.2) is 0 Å². The van der Waals surface area contributed by atoms with Crippen LogP contribution in [0.25, 0.3) is 0 Å². The van der Waals surface area contributed by atoms with Crippen molar-refractivity contribution < 1.29 is 4.52 Å². The van der Waals surface area contributed by atoms with Gasteiger partial charge < -0.3 is 9.84 Å². The summed E-state index contributed by atoms with van der Waals surface area (Å²) in [6.45, 7) is 7.83. The van der Waals surface area contributed by atoms with Gasteiger partial charge in [0.05, 0.1) is 11.7 Å². The van der Waals surface area contributed by atoms with Crippen LogP contribution in [0, 0.1) is 20.8 Å². The molecule has 17 heavy (non-hydrogen) atoms. The summed E-state index contributed by atoms with van der Waals surface area (Å²) in [7, 11) is 0. The summed E-state index contributed by atoms with van der Waals surface area (Å²) in [5, 5.41) is 7.17. The Bertz CT molecular complexity index is 484. The van der Waals surface area contributed by atoms with Crippen LogP contribution in [-0.2, 0) is 0 Å². The number of nitrogens with zero attached hydrogens (tertiary/aromatic N) is 3. The highest BCUT2D eigenvalue weighted by molar-refractivity contribution is 5.34. The smallest absolute Gasteiger partial charge is 0.223 e. The second kappa shape index (κ2) is 4.53. The molecule has 2 heterocycles. The lowest BCUT2D eigenvalue weighted by Crippen LogP contribution is -2.10. The number of rotatable bonds is 3. The highest BCUT2D eigenvalue weighted by Gasteiger charge is 2.16. The molecular formula is C12H16N4O. The molecule has 0 saturated heterocycles. The Morgan fingerprint density at radius 3 is 2.35 bits per heavy atom. The minimum Gasteiger partial charge on any atom is -0.361 e. The molecule has 5 nitrogen and oxygen atoms in total. The van der Waals surface area contributed by atoms with Crippen molar-refractivity contribution in [2.75, 3.05) is 5.32 Å². The fourth-order valence-corrected chi connectivity index (χ4v) is 1.84. The first kappa shape index (κ1) is 11.6. The van der Waals surface area contributed by atoms with Crippen molar-refractivity contribution in [3.05, 3.63) is 35.0 Å². The van der Waals surface area contributed by atoms with Crippen molar-refractivity contribution in [2.45, 2.75) is 33.7 Å². The normalized spacial score (nSPS) is 12.5. The Morgan fingerprint density at radius 1 is 1.18 bits per heavy atom. The summed E-state index contributed by atoms with van der Waals surface area (Å²) >= 11 is 0. The van der Waals surface area contributed by atoms with E-state index in [1.165, 1.54) is 0 Å². The molecule has 0 spiro atoms. The van der Waals surface area contributed by atoms with E-state index in [-0.39, 0.29) is 6.04 Å². The zero-order valence-electron chi connectivity index (χ0n) is 10.5. The second-order valence-corrected chi connectivity index (χ2v) is 4.19. The summed E-state index contributed by atoms with van der Waals surface area (Å²) in [6.07, 6.45) is 3.57. The van der Waals surface area contributed by atoms with Gasteiger partial charge in [-0.05, 0) is 33.3 Å². The van der Waals surface area contributed by atoms with Gasteiger partial charge in [-0.15, -0.1) is 0 Å². The van der Waals surface area contributed by atoms with Gasteiger partial charge in [-0.25, -0.2) is 9.97 Å². The van der Waals surface area contributed by atoms with Crippen molar-refractivity contribution in [3.8, 4) is 0 Å². The Hall–Kier alpha value is -1.91. The van der Waals surface area contributed by atoms with Gasteiger partial charge in [0.1, 0.15) is 5.76 Å². The van der Waals surface area contributed by atoms with Gasteiger partial charge in [-0.1, -0.05) is 5.16 Å². The largest absolute Gasteiger partial charge is 0.361 e. The van der Waals surface area contributed by atoms with Crippen LogP contribution in [0.4, 0.5) is 5.95 Å². The number of anilines is 1. The number of nitrogens with one attached hydrogen (secondary N) is 1. The molecule has 2 aromatic rings. The Morgan fingerprint density at radius 2 is 1.82 bits per heavy atom. The van der Waals surface area contributed by atoms with Gasteiger partial charge in [0.25, 0.3) is 0 Å². The fraction of sp³-hybridized carbons (Fsp3) is 0.417. The maximum atomic E-state index is 5.14. The standard InChI is InChI=1S/C12H16N4O/c1-7-5-13-12(14-6-7)15-8(2)11-9(3)16-17-10(11)4/h5-6,8H,1-4H3,(H,13,14,15). The SMILES string of the molecule is Cc1cnc(NC(C)c2c(C)noc2C)nc1. The van der Waals surface area contributed by atoms with Crippen LogP contribution in [0.1, 0.15) is 35.5 Å². The maximum absolute atomic E-state index is 5.14. The van der Waals surface area contributed by atoms with Crippen LogP contribution >= 0.6 is 0 Å². The molecule has 5 heteroatoms. The quantitative estimate of drug-likeness (QED) is 0.881. The molecule has 0 aromatic carbocycles. The zero-order chi connectivity index (χ0) is 12.4. The van der Waals surface area contributed by atoms with Gasteiger partial charge in [-0.2, -0.15) is 0 Å². The lowest BCUT2D eigenvalue weighted by molar-refractivity contribution is 0.392. The first-order valence-electron chi connectivity index (χ1n) is 5.56. The second-order valence-electron chi connectivity index (χ2n) is 4.19. The van der Waals surface area contributed by atoms with Crippen LogP contribution in [0.15, 0.2) is 16.9 Å². The van der Waals surface area contributed by atoms with Crippen molar-refractivity contribution in [2.24, 2.45) is 0 Å². The van der Waals surface area contributed by atoms with E-state index >= 15 is 0 Å². The molecule has 90 valence electrons. The topological polar surface area (TPSA) is 63.8 Å². The summed E-state index contributed by atoms with van der Waals surface area (Å²) in [5.41, 5.74) is 3.00. The van der Waals surface area contributed by atoms with E-state index < -0.39 is 0 Å². The molecule has 1 atom stereocenters. The van der Waals surface area contributed by atoms with Crippen LogP contribution in [0.5, 0.6) is 0 Å². The molecule has 0 amide bonds. The molecule has 0 radical (unpaired) electrons. The predicted octanol–water partition coefficient (Wildman–Crippen LogP) is 2.56. The maximum Gasteiger partial charge on any atom is 0.223 e. The molecule has 0 saturated carbocycles. The minimum atomic E-state index is 0.0731. The third-order valence-electron chi connectivity index (χ3n) is 2.65. The van der Waals surface area contributed by atoms with E-state index in [2.05, 4.69) is 20.4 Å². The van der Waals surface area contributed by atoms with E-state index in [4.69, 9.17) is 4.52 Å². The summed E-state index contributed by atoms with van der Waals surface area (Å²) in [5.74, 6) is 1.44. The highest BCUT2D eigenvalue weighted by atomic mass is 16.5. The van der Waals surface area contributed by atoms with E-state index in [0.717, 1.165) is 22.6 Å². The molecule has 2 rings (SSSR count). The van der Waals surface area contributed by atoms with E-state index in [0.29, 0.717) is 5.95 Å². The van der Waals surface area contributed by atoms with E-state index in [1.807, 2.05) is 27.7 Å². The molecule has 0 aliphatic carbocycles. The highest BCUT2D eigenvalue weighted by Crippen LogP contribution is 2.23. The third kappa shape index (κ3) is 2.43. The molecule has 0 bridgehead atoms. The fourth-order valence-electron chi connectivity index (χ4n) is 1.84. The van der Waals surface area contributed by atoms with E-state index in [9.17, 15) is 0 Å². The van der Waals surface area contributed by atoms with Gasteiger partial charge >= 0.3 is 0 Å². The van der Waals surface area contributed by atoms with Crippen molar-refractivity contribution in [1.82, 2.24) is 15.1 Å². The van der Waals surface area contributed by atoms with Crippen LogP contribution < -0.4 is 5.32 Å². The first-order valence-corrected chi connectivity index (χ1v) is 5.56. The summed E-state index contributed by atoms with van der Waals surface area (Å²) in [6, 6.07) is 0.0731. The molecule has 0 fully saturated rings. The number of hydrogen-bond acceptors (Lipinski definition) is 5. The van der Waals surface area contributed by atoms with Crippen LogP contribution in [0.2, 0.25) is 0 Å².